The highest BCUT2D eigenvalue weighted by Gasteiger charge is 2.17. The molecule has 25 heavy (non-hydrogen) atoms. The number of hydrogen-bond acceptors (Lipinski definition) is 4. The summed E-state index contributed by atoms with van der Waals surface area (Å²) in [6.45, 7) is 1.84. The Hall–Kier alpha value is -3.22. The van der Waals surface area contributed by atoms with Crippen molar-refractivity contribution in [2.45, 2.75) is 6.92 Å². The van der Waals surface area contributed by atoms with Gasteiger partial charge >= 0.3 is 0 Å². The first-order chi connectivity index (χ1) is 12.0. The predicted octanol–water partition coefficient (Wildman–Crippen LogP) is 3.19. The Bertz CT molecular complexity index is 937. The van der Waals surface area contributed by atoms with Crippen LogP contribution in [0, 0.1) is 12.7 Å². The van der Waals surface area contributed by atoms with Crippen LogP contribution < -0.4 is 10.1 Å². The molecule has 128 valence electrons. The van der Waals surface area contributed by atoms with Gasteiger partial charge in [-0.15, -0.1) is 0 Å². The van der Waals surface area contributed by atoms with Crippen molar-refractivity contribution in [3.8, 4) is 17.0 Å². The maximum atomic E-state index is 13.6. The number of aromatic nitrogens is 3. The quantitative estimate of drug-likeness (QED) is 0.792. The summed E-state index contributed by atoms with van der Waals surface area (Å²) in [5, 5.41) is 6.99. The number of halogens is 1. The van der Waals surface area contributed by atoms with Crippen LogP contribution >= 0.6 is 0 Å². The molecule has 0 bridgehead atoms. The van der Waals surface area contributed by atoms with Gasteiger partial charge in [0.1, 0.15) is 11.6 Å². The van der Waals surface area contributed by atoms with Crippen molar-refractivity contribution < 1.29 is 13.9 Å². The summed E-state index contributed by atoms with van der Waals surface area (Å²) in [6, 6.07) is 9.27. The van der Waals surface area contributed by atoms with Crippen LogP contribution in [-0.2, 0) is 7.05 Å². The van der Waals surface area contributed by atoms with Crippen LogP contribution in [0.5, 0.6) is 5.75 Å². The normalized spacial score (nSPS) is 10.6. The number of aryl methyl sites for hydroxylation is 2. The third-order valence-corrected chi connectivity index (χ3v) is 3.70. The number of carbonyl (C=O) groups excluding carboxylic acids is 1. The van der Waals surface area contributed by atoms with Crippen LogP contribution in [0.2, 0.25) is 0 Å². The van der Waals surface area contributed by atoms with E-state index < -0.39 is 5.82 Å². The molecular weight excluding hydrogens is 323 g/mol. The van der Waals surface area contributed by atoms with E-state index >= 15 is 0 Å². The van der Waals surface area contributed by atoms with Gasteiger partial charge in [0, 0.05) is 30.2 Å². The number of rotatable bonds is 4. The lowest BCUT2D eigenvalue weighted by atomic mass is 10.1. The lowest BCUT2D eigenvalue weighted by molar-refractivity contribution is 0.102. The smallest absolute Gasteiger partial charge is 0.276 e. The van der Waals surface area contributed by atoms with Crippen molar-refractivity contribution in [2.75, 3.05) is 12.4 Å². The molecule has 2 aromatic heterocycles. The minimum atomic E-state index is -0.393. The zero-order chi connectivity index (χ0) is 18.0. The molecule has 2 heterocycles. The molecule has 7 heteroatoms. The average molecular weight is 340 g/mol. The molecule has 3 aromatic rings. The standard InChI is InChI=1S/C18H17FN4O2/c1-11-8-13(6-7-20-11)21-18(24)15-10-16(23(2)22-15)14-9-12(19)4-5-17(14)25-3/h4-10H,1-3H3,(H,20,21,24). The summed E-state index contributed by atoms with van der Waals surface area (Å²) < 4.78 is 20.4. The summed E-state index contributed by atoms with van der Waals surface area (Å²) in [4.78, 5) is 16.5. The number of hydrogen-bond donors (Lipinski definition) is 1. The number of anilines is 1. The molecule has 1 aromatic carbocycles. The van der Waals surface area contributed by atoms with Gasteiger partial charge < -0.3 is 10.1 Å². The maximum absolute atomic E-state index is 13.6. The maximum Gasteiger partial charge on any atom is 0.276 e. The second-order valence-corrected chi connectivity index (χ2v) is 5.52. The van der Waals surface area contributed by atoms with Gasteiger partial charge in [-0.2, -0.15) is 5.10 Å². The van der Waals surface area contributed by atoms with Gasteiger partial charge in [0.15, 0.2) is 5.69 Å². The van der Waals surface area contributed by atoms with Crippen LogP contribution in [-0.4, -0.2) is 27.8 Å². The summed E-state index contributed by atoms with van der Waals surface area (Å²) in [6.07, 6.45) is 1.62. The van der Waals surface area contributed by atoms with Crippen LogP contribution in [0.15, 0.2) is 42.6 Å². The fourth-order valence-electron chi connectivity index (χ4n) is 2.53. The van der Waals surface area contributed by atoms with E-state index in [-0.39, 0.29) is 11.6 Å². The van der Waals surface area contributed by atoms with Crippen molar-refractivity contribution in [1.29, 1.82) is 0 Å². The zero-order valence-corrected chi connectivity index (χ0v) is 14.1. The number of ether oxygens (including phenoxy) is 1. The molecule has 0 fully saturated rings. The number of amides is 1. The Morgan fingerprint density at radius 1 is 1.24 bits per heavy atom. The van der Waals surface area contributed by atoms with E-state index in [4.69, 9.17) is 4.74 Å². The molecule has 0 radical (unpaired) electrons. The van der Waals surface area contributed by atoms with E-state index in [0.717, 1.165) is 5.69 Å². The molecule has 1 amide bonds. The van der Waals surface area contributed by atoms with Gasteiger partial charge in [0.25, 0.3) is 5.91 Å². The molecule has 0 saturated carbocycles. The highest BCUT2D eigenvalue weighted by molar-refractivity contribution is 6.03. The number of benzene rings is 1. The van der Waals surface area contributed by atoms with Gasteiger partial charge in [-0.3, -0.25) is 14.5 Å². The predicted molar refractivity (Wildman–Crippen MR) is 92.1 cm³/mol. The van der Waals surface area contributed by atoms with Crippen molar-refractivity contribution in [3.63, 3.8) is 0 Å². The van der Waals surface area contributed by atoms with Crippen LogP contribution in [0.25, 0.3) is 11.3 Å². The van der Waals surface area contributed by atoms with E-state index in [2.05, 4.69) is 15.4 Å². The average Bonchev–Trinajstić information content (AvgIpc) is 2.96. The Morgan fingerprint density at radius 3 is 2.76 bits per heavy atom. The van der Waals surface area contributed by atoms with Crippen molar-refractivity contribution in [1.82, 2.24) is 14.8 Å². The topological polar surface area (TPSA) is 69.0 Å². The lowest BCUT2D eigenvalue weighted by Gasteiger charge is -2.08. The monoisotopic (exact) mass is 340 g/mol. The van der Waals surface area contributed by atoms with Crippen LogP contribution in [0.3, 0.4) is 0 Å². The first kappa shape index (κ1) is 16.6. The molecule has 6 nitrogen and oxygen atoms in total. The molecule has 1 N–H and O–H groups in total. The number of nitrogens with one attached hydrogen (secondary N) is 1. The van der Waals surface area contributed by atoms with Gasteiger partial charge in [-0.25, -0.2) is 4.39 Å². The lowest BCUT2D eigenvalue weighted by Crippen LogP contribution is -2.13. The van der Waals surface area contributed by atoms with Gasteiger partial charge in [-0.1, -0.05) is 0 Å². The first-order valence-corrected chi connectivity index (χ1v) is 7.60. The fourth-order valence-corrected chi connectivity index (χ4v) is 2.53. The zero-order valence-electron chi connectivity index (χ0n) is 14.1. The SMILES string of the molecule is COc1ccc(F)cc1-c1cc(C(=O)Nc2ccnc(C)c2)nn1C. The summed E-state index contributed by atoms with van der Waals surface area (Å²) >= 11 is 0. The molecule has 0 aliphatic heterocycles. The van der Waals surface area contributed by atoms with Crippen molar-refractivity contribution in [3.05, 3.63) is 59.8 Å². The third-order valence-electron chi connectivity index (χ3n) is 3.70. The van der Waals surface area contributed by atoms with Crippen LogP contribution in [0.1, 0.15) is 16.2 Å². The number of nitrogens with zero attached hydrogens (tertiary/aromatic N) is 3. The molecule has 0 saturated heterocycles. The fraction of sp³-hybridized carbons (Fsp3) is 0.167. The Morgan fingerprint density at radius 2 is 2.04 bits per heavy atom. The molecule has 3 rings (SSSR count). The van der Waals surface area contributed by atoms with E-state index in [0.29, 0.717) is 22.7 Å². The number of methoxy groups -OCH3 is 1. The van der Waals surface area contributed by atoms with Gasteiger partial charge in [-0.05, 0) is 43.3 Å². The van der Waals surface area contributed by atoms with Crippen LogP contribution in [0.4, 0.5) is 10.1 Å². The van der Waals surface area contributed by atoms with Gasteiger partial charge in [0.2, 0.25) is 0 Å². The number of carbonyl (C=O) groups is 1. The van der Waals surface area contributed by atoms with Crippen molar-refractivity contribution >= 4 is 11.6 Å². The number of pyridine rings is 1. The van der Waals surface area contributed by atoms with E-state index in [1.54, 1.807) is 31.4 Å². The Labute approximate surface area is 144 Å². The summed E-state index contributed by atoms with van der Waals surface area (Å²) in [5.74, 6) is -0.251. The first-order valence-electron chi connectivity index (χ1n) is 7.60. The molecule has 0 atom stereocenters. The minimum Gasteiger partial charge on any atom is -0.496 e. The Kier molecular flexibility index (Phi) is 4.47. The molecule has 0 aliphatic carbocycles. The summed E-state index contributed by atoms with van der Waals surface area (Å²) in [7, 11) is 3.19. The highest BCUT2D eigenvalue weighted by Crippen LogP contribution is 2.31. The van der Waals surface area contributed by atoms with Gasteiger partial charge in [0.05, 0.1) is 12.8 Å². The second-order valence-electron chi connectivity index (χ2n) is 5.52. The van der Waals surface area contributed by atoms with E-state index in [9.17, 15) is 9.18 Å². The summed E-state index contributed by atoms with van der Waals surface area (Å²) in [5.41, 5.74) is 2.75. The molecule has 0 unspecified atom stereocenters. The molecule has 0 spiro atoms. The minimum absolute atomic E-state index is 0.221. The largest absolute Gasteiger partial charge is 0.496 e. The molecule has 0 aliphatic rings. The Balaban J connectivity index is 1.92. The third kappa shape index (κ3) is 3.50. The van der Waals surface area contributed by atoms with E-state index in [1.165, 1.54) is 30.0 Å². The second kappa shape index (κ2) is 6.72. The van der Waals surface area contributed by atoms with Crippen molar-refractivity contribution in [2.24, 2.45) is 7.05 Å². The highest BCUT2D eigenvalue weighted by atomic mass is 19.1. The molecular formula is C18H17FN4O2. The van der Waals surface area contributed by atoms with E-state index in [1.807, 2.05) is 6.92 Å².